The predicted molar refractivity (Wildman–Crippen MR) is 102 cm³/mol. The van der Waals surface area contributed by atoms with Crippen molar-refractivity contribution in [1.29, 1.82) is 0 Å². The molecule has 2 unspecified atom stereocenters. The third kappa shape index (κ3) is 3.12. The molecule has 7 heteroatoms. The molecule has 2 atom stereocenters. The lowest BCUT2D eigenvalue weighted by Gasteiger charge is -2.31. The van der Waals surface area contributed by atoms with Gasteiger partial charge in [-0.1, -0.05) is 18.2 Å². The van der Waals surface area contributed by atoms with E-state index in [9.17, 15) is 14.4 Å². The summed E-state index contributed by atoms with van der Waals surface area (Å²) in [5, 5.41) is 9.53. The van der Waals surface area contributed by atoms with Crippen LogP contribution in [0.25, 0.3) is 0 Å². The summed E-state index contributed by atoms with van der Waals surface area (Å²) >= 11 is 0. The lowest BCUT2D eigenvalue weighted by Crippen LogP contribution is -2.52. The minimum absolute atomic E-state index is 0.0951. The lowest BCUT2D eigenvalue weighted by molar-refractivity contribution is -0.136. The van der Waals surface area contributed by atoms with E-state index in [1.165, 1.54) is 19.3 Å². The van der Waals surface area contributed by atoms with E-state index in [0.29, 0.717) is 31.0 Å². The van der Waals surface area contributed by atoms with Crippen molar-refractivity contribution in [2.45, 2.75) is 57.3 Å². The smallest absolute Gasteiger partial charge is 0.255 e. The van der Waals surface area contributed by atoms with Crippen molar-refractivity contribution >= 4 is 17.7 Å². The van der Waals surface area contributed by atoms with Gasteiger partial charge < -0.3 is 15.5 Å². The van der Waals surface area contributed by atoms with E-state index in [-0.39, 0.29) is 24.1 Å². The Morgan fingerprint density at radius 2 is 2.07 bits per heavy atom. The van der Waals surface area contributed by atoms with Gasteiger partial charge in [0.05, 0.1) is 0 Å². The van der Waals surface area contributed by atoms with Crippen LogP contribution in [0.15, 0.2) is 18.2 Å². The summed E-state index contributed by atoms with van der Waals surface area (Å²) in [6, 6.07) is 5.81. The normalized spacial score (nSPS) is 28.4. The molecular weight excluding hydrogens is 356 g/mol. The van der Waals surface area contributed by atoms with Crippen LogP contribution in [0.4, 0.5) is 0 Å². The maximum absolute atomic E-state index is 13.1. The number of benzene rings is 1. The fraction of sp³-hybridized carbons (Fsp3) is 0.571. The number of fused-ring (bicyclic) bond motifs is 1. The summed E-state index contributed by atoms with van der Waals surface area (Å²) in [4.78, 5) is 38.4. The molecule has 148 valence electrons. The highest BCUT2D eigenvalue weighted by molar-refractivity contribution is 6.05. The van der Waals surface area contributed by atoms with E-state index in [1.54, 1.807) is 4.90 Å². The highest BCUT2D eigenvalue weighted by Gasteiger charge is 2.46. The third-order valence-corrected chi connectivity index (χ3v) is 6.75. The lowest BCUT2D eigenvalue weighted by atomic mass is 9.92. The van der Waals surface area contributed by atoms with E-state index >= 15 is 0 Å². The second kappa shape index (κ2) is 6.67. The van der Waals surface area contributed by atoms with Gasteiger partial charge in [-0.3, -0.25) is 19.7 Å². The number of carbonyl (C=O) groups is 3. The third-order valence-electron chi connectivity index (χ3n) is 6.75. The molecule has 3 N–H and O–H groups in total. The van der Waals surface area contributed by atoms with Crippen LogP contribution in [0.2, 0.25) is 0 Å². The molecule has 5 rings (SSSR count). The molecule has 3 heterocycles. The zero-order valence-corrected chi connectivity index (χ0v) is 15.9. The Morgan fingerprint density at radius 3 is 2.86 bits per heavy atom. The topological polar surface area (TPSA) is 90.5 Å². The highest BCUT2D eigenvalue weighted by Crippen LogP contribution is 2.50. The number of imide groups is 1. The molecule has 0 bridgehead atoms. The molecule has 1 aromatic carbocycles. The first-order valence-electron chi connectivity index (χ1n) is 10.2. The van der Waals surface area contributed by atoms with Crippen LogP contribution in [-0.4, -0.2) is 47.8 Å². The van der Waals surface area contributed by atoms with Gasteiger partial charge in [-0.2, -0.15) is 0 Å². The molecule has 3 aliphatic heterocycles. The largest absolute Gasteiger partial charge is 0.322 e. The molecule has 1 saturated carbocycles. The molecule has 1 aromatic rings. The summed E-state index contributed by atoms with van der Waals surface area (Å²) in [5.41, 5.74) is 3.19. The summed E-state index contributed by atoms with van der Waals surface area (Å²) in [6.45, 7) is 3.18. The molecule has 1 aliphatic carbocycles. The number of amides is 3. The van der Waals surface area contributed by atoms with Crippen molar-refractivity contribution in [3.63, 3.8) is 0 Å². The zero-order valence-electron chi connectivity index (χ0n) is 15.9. The van der Waals surface area contributed by atoms with Gasteiger partial charge in [-0.25, -0.2) is 0 Å². The molecule has 0 aromatic heterocycles. The minimum atomic E-state index is -0.560. The van der Waals surface area contributed by atoms with E-state index in [4.69, 9.17) is 0 Å². The van der Waals surface area contributed by atoms with Gasteiger partial charge in [0.2, 0.25) is 11.8 Å². The number of piperidine rings is 2. The van der Waals surface area contributed by atoms with E-state index in [1.807, 2.05) is 18.2 Å². The number of hydrogen-bond acceptors (Lipinski definition) is 5. The van der Waals surface area contributed by atoms with Gasteiger partial charge in [0, 0.05) is 44.2 Å². The zero-order chi connectivity index (χ0) is 19.3. The standard InChI is InChI=1S/C21H26N4O3/c26-17-5-4-16(19(27)24-17)25-11-14-3-1-2-13(18(14)20(25)28)9-23-15-8-21(6-7-21)12-22-10-15/h1-3,15-16,22-23H,4-12H2,(H,24,26,27). The summed E-state index contributed by atoms with van der Waals surface area (Å²) in [5.74, 6) is -0.716. The SMILES string of the molecule is O=C1CCC(N2Cc3cccc(CNC4CNCC5(CC5)C4)c3C2=O)C(=O)N1. The number of nitrogens with one attached hydrogen (secondary N) is 3. The minimum Gasteiger partial charge on any atom is -0.322 e. The second-order valence-electron chi connectivity index (χ2n) is 8.76. The summed E-state index contributed by atoms with van der Waals surface area (Å²) in [7, 11) is 0. The van der Waals surface area contributed by atoms with Gasteiger partial charge in [-0.05, 0) is 42.2 Å². The number of rotatable bonds is 4. The number of carbonyl (C=O) groups excluding carboxylic acids is 3. The van der Waals surface area contributed by atoms with Crippen LogP contribution in [0.1, 0.15) is 53.6 Å². The predicted octanol–water partition coefficient (Wildman–Crippen LogP) is 0.679. The van der Waals surface area contributed by atoms with Crippen LogP contribution in [0, 0.1) is 5.41 Å². The quantitative estimate of drug-likeness (QED) is 0.667. The average molecular weight is 382 g/mol. The number of nitrogens with zero attached hydrogens (tertiary/aromatic N) is 1. The van der Waals surface area contributed by atoms with Gasteiger partial charge in [-0.15, -0.1) is 0 Å². The first-order chi connectivity index (χ1) is 13.5. The molecule has 3 amide bonds. The van der Waals surface area contributed by atoms with E-state index in [2.05, 4.69) is 16.0 Å². The fourth-order valence-electron chi connectivity index (χ4n) is 4.97. The van der Waals surface area contributed by atoms with Crippen LogP contribution >= 0.6 is 0 Å². The van der Waals surface area contributed by atoms with Crippen molar-refractivity contribution in [3.05, 3.63) is 34.9 Å². The average Bonchev–Trinajstić information content (AvgIpc) is 3.33. The number of hydrogen-bond donors (Lipinski definition) is 3. The van der Waals surface area contributed by atoms with Crippen molar-refractivity contribution < 1.29 is 14.4 Å². The molecule has 28 heavy (non-hydrogen) atoms. The van der Waals surface area contributed by atoms with Gasteiger partial charge in [0.15, 0.2) is 0 Å². The first kappa shape index (κ1) is 17.8. The Morgan fingerprint density at radius 1 is 1.21 bits per heavy atom. The van der Waals surface area contributed by atoms with E-state index < -0.39 is 6.04 Å². The van der Waals surface area contributed by atoms with Crippen LogP contribution in [-0.2, 0) is 22.7 Å². The Bertz CT molecular complexity index is 848. The maximum Gasteiger partial charge on any atom is 0.255 e. The first-order valence-corrected chi connectivity index (χ1v) is 10.2. The molecule has 7 nitrogen and oxygen atoms in total. The molecule has 2 saturated heterocycles. The molecular formula is C21H26N4O3. The monoisotopic (exact) mass is 382 g/mol. The van der Waals surface area contributed by atoms with Crippen molar-refractivity contribution in [2.24, 2.45) is 5.41 Å². The Labute approximate surface area is 164 Å². The van der Waals surface area contributed by atoms with Gasteiger partial charge in [0.1, 0.15) is 6.04 Å². The van der Waals surface area contributed by atoms with Gasteiger partial charge >= 0.3 is 0 Å². The molecule has 1 spiro atoms. The Balaban J connectivity index is 1.30. The highest BCUT2D eigenvalue weighted by atomic mass is 16.2. The van der Waals surface area contributed by atoms with Crippen molar-refractivity contribution in [1.82, 2.24) is 20.9 Å². The van der Waals surface area contributed by atoms with Crippen LogP contribution < -0.4 is 16.0 Å². The maximum atomic E-state index is 13.1. The van der Waals surface area contributed by atoms with Crippen molar-refractivity contribution in [2.75, 3.05) is 13.1 Å². The summed E-state index contributed by atoms with van der Waals surface area (Å²) in [6.07, 6.45) is 4.51. The summed E-state index contributed by atoms with van der Waals surface area (Å²) < 4.78 is 0. The van der Waals surface area contributed by atoms with Gasteiger partial charge in [0.25, 0.3) is 5.91 Å². The van der Waals surface area contributed by atoms with Crippen LogP contribution in [0.5, 0.6) is 0 Å². The second-order valence-corrected chi connectivity index (χ2v) is 8.76. The van der Waals surface area contributed by atoms with E-state index in [0.717, 1.165) is 29.8 Å². The Kier molecular flexibility index (Phi) is 4.25. The van der Waals surface area contributed by atoms with Crippen molar-refractivity contribution in [3.8, 4) is 0 Å². The molecule has 0 radical (unpaired) electrons. The fourth-order valence-corrected chi connectivity index (χ4v) is 4.97. The van der Waals surface area contributed by atoms with Crippen LogP contribution in [0.3, 0.4) is 0 Å². The molecule has 3 fully saturated rings. The Hall–Kier alpha value is -2.25. The molecule has 4 aliphatic rings.